The van der Waals surface area contributed by atoms with E-state index in [-0.39, 0.29) is 5.91 Å². The number of carbonyl (C=O) groups excluding carboxylic acids is 1. The Morgan fingerprint density at radius 2 is 2.07 bits per heavy atom. The number of carbonyl (C=O) groups is 1. The highest BCUT2D eigenvalue weighted by atomic mass is 16.3. The Kier molecular flexibility index (Phi) is 6.98. The predicted octanol–water partition coefficient (Wildman–Crippen LogP) is 2.73. The van der Waals surface area contributed by atoms with E-state index in [1.807, 2.05) is 0 Å². The van der Waals surface area contributed by atoms with Gasteiger partial charge in [0.15, 0.2) is 0 Å². The van der Waals surface area contributed by atoms with E-state index in [1.165, 1.54) is 6.92 Å². The molecule has 0 heterocycles. The first-order valence-electron chi connectivity index (χ1n) is 5.27. The maximum absolute atomic E-state index is 10.9. The Morgan fingerprint density at radius 3 is 2.43 bits per heavy atom. The van der Waals surface area contributed by atoms with Gasteiger partial charge in [0.05, 0.1) is 11.8 Å². The van der Waals surface area contributed by atoms with Crippen molar-refractivity contribution in [3.05, 3.63) is 4.91 Å². The Morgan fingerprint density at radius 1 is 1.43 bits per heavy atom. The van der Waals surface area contributed by atoms with Crippen LogP contribution in [0.25, 0.3) is 0 Å². The molecule has 0 radical (unpaired) electrons. The van der Waals surface area contributed by atoms with Crippen molar-refractivity contribution in [1.29, 1.82) is 0 Å². The lowest BCUT2D eigenvalue weighted by atomic mass is 9.99. The van der Waals surface area contributed by atoms with E-state index in [9.17, 15) is 9.70 Å². The highest BCUT2D eigenvalue weighted by molar-refractivity contribution is 5.72. The van der Waals surface area contributed by atoms with Crippen LogP contribution in [0.1, 0.15) is 46.5 Å². The normalized spacial score (nSPS) is 12.2. The van der Waals surface area contributed by atoms with Crippen molar-refractivity contribution in [2.24, 2.45) is 11.2 Å². The van der Waals surface area contributed by atoms with Crippen molar-refractivity contribution < 1.29 is 4.79 Å². The molecular weight excluding hydrogens is 180 g/mol. The minimum atomic E-state index is -0.269. The summed E-state index contributed by atoms with van der Waals surface area (Å²) in [5.41, 5.74) is 0. The zero-order valence-electron chi connectivity index (χ0n) is 9.32. The number of hydrogen-bond acceptors (Lipinski definition) is 3. The summed E-state index contributed by atoms with van der Waals surface area (Å²) in [6.45, 7) is 6.04. The van der Waals surface area contributed by atoms with Crippen molar-refractivity contribution >= 4 is 5.91 Å². The first-order chi connectivity index (χ1) is 6.65. The number of nitroso groups, excluding NO2 is 1. The molecule has 1 atom stereocenters. The van der Waals surface area contributed by atoms with Crippen LogP contribution in [0.5, 0.6) is 0 Å². The largest absolute Gasteiger partial charge is 0.273 e. The summed E-state index contributed by atoms with van der Waals surface area (Å²) in [5.74, 6) is 0.131. The van der Waals surface area contributed by atoms with Gasteiger partial charge in [0.1, 0.15) is 0 Å². The van der Waals surface area contributed by atoms with Gasteiger partial charge in [0.2, 0.25) is 5.91 Å². The molecule has 4 nitrogen and oxygen atoms in total. The number of amides is 1. The van der Waals surface area contributed by atoms with Crippen LogP contribution < -0.4 is 0 Å². The van der Waals surface area contributed by atoms with Crippen LogP contribution in [-0.2, 0) is 4.79 Å². The van der Waals surface area contributed by atoms with E-state index in [0.29, 0.717) is 12.5 Å². The Balaban J connectivity index is 4.00. The van der Waals surface area contributed by atoms with Gasteiger partial charge < -0.3 is 0 Å². The quantitative estimate of drug-likeness (QED) is 0.468. The smallest absolute Gasteiger partial charge is 0.242 e. The van der Waals surface area contributed by atoms with E-state index < -0.39 is 0 Å². The van der Waals surface area contributed by atoms with Gasteiger partial charge in [-0.3, -0.25) is 4.79 Å². The van der Waals surface area contributed by atoms with Gasteiger partial charge in [-0.1, -0.05) is 33.1 Å². The van der Waals surface area contributed by atoms with E-state index in [2.05, 4.69) is 19.1 Å². The Labute approximate surface area is 85.6 Å². The summed E-state index contributed by atoms with van der Waals surface area (Å²) in [5, 5.41) is 3.73. The highest BCUT2D eigenvalue weighted by Gasteiger charge is 2.14. The van der Waals surface area contributed by atoms with Crippen LogP contribution >= 0.6 is 0 Å². The number of hydrogen-bond donors (Lipinski definition) is 0. The van der Waals surface area contributed by atoms with Gasteiger partial charge in [-0.15, -0.1) is 4.91 Å². The van der Waals surface area contributed by atoms with Crippen molar-refractivity contribution in [2.75, 3.05) is 6.54 Å². The molecular formula is C10H20N2O2. The number of rotatable bonds is 7. The second-order valence-electron chi connectivity index (χ2n) is 3.60. The number of unbranched alkanes of at least 4 members (excludes halogenated alkanes) is 1. The summed E-state index contributed by atoms with van der Waals surface area (Å²) in [6, 6.07) is 0. The van der Waals surface area contributed by atoms with Gasteiger partial charge in [0, 0.05) is 6.92 Å². The van der Waals surface area contributed by atoms with Crippen LogP contribution in [0.4, 0.5) is 0 Å². The third kappa shape index (κ3) is 4.94. The van der Waals surface area contributed by atoms with Crippen LogP contribution in [0, 0.1) is 10.8 Å². The first-order valence-corrected chi connectivity index (χ1v) is 5.27. The minimum absolute atomic E-state index is 0.269. The predicted molar refractivity (Wildman–Crippen MR) is 56.5 cm³/mol. The second kappa shape index (κ2) is 7.47. The average Bonchev–Trinajstić information content (AvgIpc) is 2.18. The molecule has 1 amide bonds. The summed E-state index contributed by atoms with van der Waals surface area (Å²) in [6.07, 6.45) is 4.33. The topological polar surface area (TPSA) is 49.7 Å². The Hall–Kier alpha value is -0.930. The van der Waals surface area contributed by atoms with Crippen LogP contribution in [0.15, 0.2) is 5.29 Å². The summed E-state index contributed by atoms with van der Waals surface area (Å²) in [7, 11) is 0. The van der Waals surface area contributed by atoms with Gasteiger partial charge in [-0.25, -0.2) is 0 Å². The van der Waals surface area contributed by atoms with E-state index in [4.69, 9.17) is 0 Å². The minimum Gasteiger partial charge on any atom is -0.273 e. The molecule has 1 unspecified atom stereocenters. The molecule has 0 rings (SSSR count). The lowest BCUT2D eigenvalue weighted by Gasteiger charge is -2.18. The lowest BCUT2D eigenvalue weighted by molar-refractivity contribution is -0.129. The van der Waals surface area contributed by atoms with E-state index in [1.54, 1.807) is 0 Å². The molecule has 0 saturated carbocycles. The molecule has 0 aliphatic heterocycles. The molecule has 0 fully saturated rings. The molecule has 0 aliphatic carbocycles. The lowest BCUT2D eigenvalue weighted by Crippen LogP contribution is -2.28. The molecule has 0 aromatic rings. The number of nitrogens with zero attached hydrogens (tertiary/aromatic N) is 2. The fraction of sp³-hybridized carbons (Fsp3) is 0.900. The summed E-state index contributed by atoms with van der Waals surface area (Å²) >= 11 is 0. The van der Waals surface area contributed by atoms with E-state index >= 15 is 0 Å². The van der Waals surface area contributed by atoms with Gasteiger partial charge in [-0.2, -0.15) is 5.01 Å². The van der Waals surface area contributed by atoms with Crippen LogP contribution in [0.2, 0.25) is 0 Å². The van der Waals surface area contributed by atoms with Crippen molar-refractivity contribution in [1.82, 2.24) is 5.01 Å². The molecule has 0 bridgehead atoms. The molecule has 4 heteroatoms. The molecule has 0 saturated heterocycles. The monoisotopic (exact) mass is 200 g/mol. The fourth-order valence-corrected chi connectivity index (χ4v) is 1.38. The average molecular weight is 200 g/mol. The van der Waals surface area contributed by atoms with Crippen molar-refractivity contribution in [3.8, 4) is 0 Å². The standard InChI is InChI=1S/C10H20N2O2/c1-4-6-7-10(5-2)8-12(11-14)9(3)13/h10H,4-8H2,1-3H3. The van der Waals surface area contributed by atoms with Crippen molar-refractivity contribution in [3.63, 3.8) is 0 Å². The molecule has 14 heavy (non-hydrogen) atoms. The highest BCUT2D eigenvalue weighted by Crippen LogP contribution is 2.14. The van der Waals surface area contributed by atoms with Gasteiger partial charge in [-0.05, 0) is 12.3 Å². The molecule has 0 aromatic heterocycles. The molecule has 0 N–H and O–H groups in total. The summed E-state index contributed by atoms with van der Waals surface area (Å²) < 4.78 is 0. The maximum atomic E-state index is 10.9. The fourth-order valence-electron chi connectivity index (χ4n) is 1.38. The Bertz CT molecular complexity index is 183. The third-order valence-corrected chi connectivity index (χ3v) is 2.44. The molecule has 0 aliphatic rings. The van der Waals surface area contributed by atoms with Crippen LogP contribution in [0.3, 0.4) is 0 Å². The van der Waals surface area contributed by atoms with E-state index in [0.717, 1.165) is 30.7 Å². The van der Waals surface area contributed by atoms with Crippen molar-refractivity contribution in [2.45, 2.75) is 46.5 Å². The van der Waals surface area contributed by atoms with Gasteiger partial charge >= 0.3 is 0 Å². The van der Waals surface area contributed by atoms with Crippen LogP contribution in [-0.4, -0.2) is 17.5 Å². The molecule has 0 aromatic carbocycles. The maximum Gasteiger partial charge on any atom is 0.242 e. The third-order valence-electron chi connectivity index (χ3n) is 2.44. The summed E-state index contributed by atoms with van der Waals surface area (Å²) in [4.78, 5) is 21.3. The second-order valence-corrected chi connectivity index (χ2v) is 3.60. The first kappa shape index (κ1) is 13.1. The molecule has 0 spiro atoms. The zero-order chi connectivity index (χ0) is 11.0. The zero-order valence-corrected chi connectivity index (χ0v) is 9.32. The SMILES string of the molecule is CCCCC(CC)CN(N=O)C(C)=O. The van der Waals surface area contributed by atoms with Gasteiger partial charge in [0.25, 0.3) is 0 Å². The molecule has 82 valence electrons.